The molecule has 0 aliphatic carbocycles. The number of Topliss-reactive ketones (excluding diaryl/α,β-unsaturated/α-hetero) is 1. The number of carbonyl (C=O) groups excluding carboxylic acids is 1. The van der Waals surface area contributed by atoms with Crippen LogP contribution in [0.15, 0.2) is 6.07 Å². The highest BCUT2D eigenvalue weighted by Gasteiger charge is 2.13. The maximum absolute atomic E-state index is 10.7. The number of ketones is 1. The summed E-state index contributed by atoms with van der Waals surface area (Å²) in [5, 5.41) is 8.28. The molecule has 1 aromatic heterocycles. The molecule has 0 aliphatic heterocycles. The first-order valence-corrected chi connectivity index (χ1v) is 4.05. The molecular formula is C7H7NO3S. The number of nitrogens with zero attached hydrogens (tertiary/aromatic N) is 1. The van der Waals surface area contributed by atoms with Crippen LogP contribution in [0.3, 0.4) is 0 Å². The lowest BCUT2D eigenvalue weighted by atomic mass is 10.2. The van der Waals surface area contributed by atoms with Gasteiger partial charge in [-0.05, 0) is 24.5 Å². The summed E-state index contributed by atoms with van der Waals surface area (Å²) < 4.78 is 3.93. The molecule has 0 bridgehead atoms. The Balaban J connectivity index is 2.64. The van der Waals surface area contributed by atoms with E-state index in [4.69, 9.17) is 5.11 Å². The van der Waals surface area contributed by atoms with E-state index >= 15 is 0 Å². The highest BCUT2D eigenvalue weighted by molar-refractivity contribution is 7.06. The number of hydrogen-bond donors (Lipinski definition) is 1. The van der Waals surface area contributed by atoms with E-state index in [1.54, 1.807) is 13.0 Å². The van der Waals surface area contributed by atoms with Gasteiger partial charge in [0.25, 0.3) is 0 Å². The fraction of sp³-hybridized carbons (Fsp3) is 0.286. The molecule has 0 radical (unpaired) electrons. The summed E-state index contributed by atoms with van der Waals surface area (Å²) in [6.07, 6.45) is -0.0547. The Kier molecular flexibility index (Phi) is 2.54. The average Bonchev–Trinajstić information content (AvgIpc) is 2.35. The Hall–Kier alpha value is -1.23. The number of aryl methyl sites for hydroxylation is 1. The van der Waals surface area contributed by atoms with Crippen molar-refractivity contribution in [1.29, 1.82) is 0 Å². The summed E-state index contributed by atoms with van der Waals surface area (Å²) in [5.74, 6) is -2.18. The van der Waals surface area contributed by atoms with Gasteiger partial charge in [0.1, 0.15) is 0 Å². The Morgan fingerprint density at radius 1 is 1.67 bits per heavy atom. The Bertz CT molecular complexity index is 318. The minimum absolute atomic E-state index is 0.0547. The van der Waals surface area contributed by atoms with Gasteiger partial charge in [0, 0.05) is 4.88 Å². The molecule has 0 unspecified atom stereocenters. The number of hydrogen-bond acceptors (Lipinski definition) is 4. The molecular weight excluding hydrogens is 178 g/mol. The highest BCUT2D eigenvalue weighted by Crippen LogP contribution is 2.09. The molecule has 0 aromatic carbocycles. The van der Waals surface area contributed by atoms with Gasteiger partial charge < -0.3 is 5.11 Å². The zero-order valence-corrected chi connectivity index (χ0v) is 7.22. The predicted octanol–water partition coefficient (Wildman–Crippen LogP) is 0.648. The summed E-state index contributed by atoms with van der Waals surface area (Å²) >= 11 is 1.16. The number of rotatable bonds is 3. The van der Waals surface area contributed by atoms with E-state index < -0.39 is 11.8 Å². The molecule has 0 amide bonds. The van der Waals surface area contributed by atoms with Gasteiger partial charge in [-0.3, -0.25) is 4.79 Å². The molecule has 0 aliphatic rings. The van der Waals surface area contributed by atoms with Crippen LogP contribution < -0.4 is 0 Å². The van der Waals surface area contributed by atoms with Gasteiger partial charge >= 0.3 is 5.97 Å². The quantitative estimate of drug-likeness (QED) is 0.702. The Labute approximate surface area is 73.0 Å². The lowest BCUT2D eigenvalue weighted by Gasteiger charge is -1.88. The van der Waals surface area contributed by atoms with Crippen LogP contribution in [0, 0.1) is 6.92 Å². The van der Waals surface area contributed by atoms with Gasteiger partial charge in [0.05, 0.1) is 12.1 Å². The smallest absolute Gasteiger partial charge is 0.372 e. The zero-order chi connectivity index (χ0) is 9.14. The normalized spacial score (nSPS) is 9.75. The summed E-state index contributed by atoms with van der Waals surface area (Å²) in [5.41, 5.74) is 0.813. The van der Waals surface area contributed by atoms with E-state index in [1.165, 1.54) is 0 Å². The van der Waals surface area contributed by atoms with Gasteiger partial charge in [-0.1, -0.05) is 0 Å². The van der Waals surface area contributed by atoms with Crippen LogP contribution in [0.2, 0.25) is 0 Å². The van der Waals surface area contributed by atoms with E-state index in [0.29, 0.717) is 4.88 Å². The van der Waals surface area contributed by atoms with Gasteiger partial charge in [0.2, 0.25) is 5.78 Å². The zero-order valence-electron chi connectivity index (χ0n) is 6.40. The molecule has 0 saturated heterocycles. The van der Waals surface area contributed by atoms with Crippen LogP contribution in [0.1, 0.15) is 10.6 Å². The summed E-state index contributed by atoms with van der Waals surface area (Å²) in [4.78, 5) is 21.5. The van der Waals surface area contributed by atoms with Gasteiger partial charge in [-0.2, -0.15) is 4.37 Å². The maximum Gasteiger partial charge on any atom is 0.372 e. The van der Waals surface area contributed by atoms with E-state index in [9.17, 15) is 9.59 Å². The van der Waals surface area contributed by atoms with Crippen LogP contribution in [0.4, 0.5) is 0 Å². The molecule has 5 heteroatoms. The molecule has 1 aromatic rings. The SMILES string of the molecule is Cc1cc(CC(=O)C(=O)O)sn1. The summed E-state index contributed by atoms with van der Waals surface area (Å²) in [7, 11) is 0. The maximum atomic E-state index is 10.7. The van der Waals surface area contributed by atoms with E-state index in [0.717, 1.165) is 17.2 Å². The van der Waals surface area contributed by atoms with Crippen molar-refractivity contribution in [2.24, 2.45) is 0 Å². The fourth-order valence-electron chi connectivity index (χ4n) is 0.733. The first-order chi connectivity index (χ1) is 5.59. The lowest BCUT2D eigenvalue weighted by Crippen LogP contribution is -2.14. The molecule has 4 nitrogen and oxygen atoms in total. The summed E-state index contributed by atoms with van der Waals surface area (Å²) in [6.45, 7) is 1.80. The molecule has 0 atom stereocenters. The van der Waals surface area contributed by atoms with Crippen LogP contribution in [0.5, 0.6) is 0 Å². The predicted molar refractivity (Wildman–Crippen MR) is 43.2 cm³/mol. The highest BCUT2D eigenvalue weighted by atomic mass is 32.1. The van der Waals surface area contributed by atoms with Gasteiger partial charge in [0.15, 0.2) is 0 Å². The standard InChI is InChI=1S/C7H7NO3S/c1-4-2-5(12-8-4)3-6(9)7(10)11/h2H,3H2,1H3,(H,10,11). The first kappa shape index (κ1) is 8.86. The summed E-state index contributed by atoms with van der Waals surface area (Å²) in [6, 6.07) is 1.71. The topological polar surface area (TPSA) is 67.3 Å². The van der Waals surface area contributed by atoms with Crippen LogP contribution in [-0.2, 0) is 16.0 Å². The minimum Gasteiger partial charge on any atom is -0.475 e. The number of carboxylic acids is 1. The molecule has 0 fully saturated rings. The number of carboxylic acid groups (broad SMARTS) is 1. The molecule has 0 saturated carbocycles. The number of aromatic nitrogens is 1. The van der Waals surface area contributed by atoms with Gasteiger partial charge in [-0.15, -0.1) is 0 Å². The molecule has 64 valence electrons. The van der Waals surface area contributed by atoms with Crippen molar-refractivity contribution in [1.82, 2.24) is 4.37 Å². The molecule has 1 heterocycles. The minimum atomic E-state index is -1.39. The van der Waals surface area contributed by atoms with Crippen LogP contribution in [-0.4, -0.2) is 21.2 Å². The van der Waals surface area contributed by atoms with Crippen molar-refractivity contribution >= 4 is 23.3 Å². The van der Waals surface area contributed by atoms with Crippen LogP contribution >= 0.6 is 11.5 Å². The number of carbonyl (C=O) groups is 2. The molecule has 1 rings (SSSR count). The van der Waals surface area contributed by atoms with Gasteiger partial charge in [-0.25, -0.2) is 4.79 Å². The third-order valence-corrected chi connectivity index (χ3v) is 2.13. The first-order valence-electron chi connectivity index (χ1n) is 3.28. The monoisotopic (exact) mass is 185 g/mol. The van der Waals surface area contributed by atoms with E-state index in [2.05, 4.69) is 4.37 Å². The Morgan fingerprint density at radius 2 is 2.33 bits per heavy atom. The van der Waals surface area contributed by atoms with E-state index in [-0.39, 0.29) is 6.42 Å². The third kappa shape index (κ3) is 2.13. The van der Waals surface area contributed by atoms with Crippen molar-refractivity contribution in [3.8, 4) is 0 Å². The van der Waals surface area contributed by atoms with E-state index in [1.807, 2.05) is 0 Å². The van der Waals surface area contributed by atoms with Crippen molar-refractivity contribution < 1.29 is 14.7 Å². The molecule has 0 spiro atoms. The second-order valence-electron chi connectivity index (χ2n) is 2.34. The van der Waals surface area contributed by atoms with Crippen molar-refractivity contribution in [2.75, 3.05) is 0 Å². The van der Waals surface area contributed by atoms with Crippen LogP contribution in [0.25, 0.3) is 0 Å². The number of aliphatic carboxylic acids is 1. The second kappa shape index (κ2) is 3.44. The van der Waals surface area contributed by atoms with Crippen molar-refractivity contribution in [2.45, 2.75) is 13.3 Å². The molecule has 1 N–H and O–H groups in total. The lowest BCUT2D eigenvalue weighted by molar-refractivity contribution is -0.148. The average molecular weight is 185 g/mol. The molecule has 12 heavy (non-hydrogen) atoms. The van der Waals surface area contributed by atoms with Crippen molar-refractivity contribution in [3.63, 3.8) is 0 Å². The fourth-order valence-corrected chi connectivity index (χ4v) is 1.47. The largest absolute Gasteiger partial charge is 0.475 e. The Morgan fingerprint density at radius 3 is 2.75 bits per heavy atom. The third-order valence-electron chi connectivity index (χ3n) is 1.25. The van der Waals surface area contributed by atoms with Crippen molar-refractivity contribution in [3.05, 3.63) is 16.6 Å². The second-order valence-corrected chi connectivity index (χ2v) is 3.23.